The number of carbonyl (C=O) groups is 1. The monoisotopic (exact) mass is 408 g/mol. The molecule has 0 radical (unpaired) electrons. The number of fused-ring (bicyclic) bond motifs is 2. The van der Waals surface area contributed by atoms with E-state index >= 15 is 0 Å². The zero-order chi connectivity index (χ0) is 19.8. The van der Waals surface area contributed by atoms with Crippen molar-refractivity contribution < 1.29 is 9.53 Å². The molecule has 0 aliphatic carbocycles. The number of nitrogens with zero attached hydrogens (tertiary/aromatic N) is 2. The number of thiazole rings is 1. The highest BCUT2D eigenvalue weighted by Gasteiger charge is 2.24. The van der Waals surface area contributed by atoms with Crippen molar-refractivity contribution in [1.29, 1.82) is 0 Å². The summed E-state index contributed by atoms with van der Waals surface area (Å²) in [5, 5.41) is 7.62. The van der Waals surface area contributed by atoms with Crippen molar-refractivity contribution in [2.24, 2.45) is 0 Å². The van der Waals surface area contributed by atoms with Crippen molar-refractivity contribution in [1.82, 2.24) is 15.6 Å². The van der Waals surface area contributed by atoms with Gasteiger partial charge in [0, 0.05) is 43.7 Å². The van der Waals surface area contributed by atoms with Crippen LogP contribution in [0.15, 0.2) is 36.4 Å². The SMILES string of the molecule is Cc1cc2nc(N3CCNCC3)sc2cc1C(=O)N[C@H]1CCOc2ccccc21. The molecule has 2 aliphatic heterocycles. The highest BCUT2D eigenvalue weighted by Crippen LogP contribution is 2.33. The van der Waals surface area contributed by atoms with E-state index < -0.39 is 0 Å². The highest BCUT2D eigenvalue weighted by atomic mass is 32.1. The van der Waals surface area contributed by atoms with Crippen molar-refractivity contribution >= 4 is 32.6 Å². The second-order valence-electron chi connectivity index (χ2n) is 7.57. The van der Waals surface area contributed by atoms with Gasteiger partial charge < -0.3 is 20.3 Å². The lowest BCUT2D eigenvalue weighted by Crippen LogP contribution is -2.43. The number of para-hydroxylation sites is 1. The largest absolute Gasteiger partial charge is 0.493 e. The van der Waals surface area contributed by atoms with Gasteiger partial charge in [0.15, 0.2) is 5.13 Å². The van der Waals surface area contributed by atoms with Crippen LogP contribution in [0, 0.1) is 6.92 Å². The van der Waals surface area contributed by atoms with Crippen LogP contribution in [0.4, 0.5) is 5.13 Å². The van der Waals surface area contributed by atoms with Crippen LogP contribution in [0.2, 0.25) is 0 Å². The van der Waals surface area contributed by atoms with Crippen LogP contribution in [-0.2, 0) is 0 Å². The van der Waals surface area contributed by atoms with Gasteiger partial charge in [0.05, 0.1) is 22.9 Å². The first-order valence-corrected chi connectivity index (χ1v) is 10.9. The molecule has 2 aromatic carbocycles. The van der Waals surface area contributed by atoms with Gasteiger partial charge in [-0.15, -0.1) is 0 Å². The molecule has 29 heavy (non-hydrogen) atoms. The maximum atomic E-state index is 13.1. The van der Waals surface area contributed by atoms with Gasteiger partial charge >= 0.3 is 0 Å². The molecule has 0 saturated carbocycles. The number of rotatable bonds is 3. The Bertz CT molecular complexity index is 1060. The lowest BCUT2D eigenvalue weighted by Gasteiger charge is -2.26. The van der Waals surface area contributed by atoms with Gasteiger partial charge in [-0.2, -0.15) is 0 Å². The fourth-order valence-corrected chi connectivity index (χ4v) is 5.07. The summed E-state index contributed by atoms with van der Waals surface area (Å²) in [6.07, 6.45) is 0.776. The number of nitrogens with one attached hydrogen (secondary N) is 2. The molecule has 6 nitrogen and oxygen atoms in total. The van der Waals surface area contributed by atoms with Crippen LogP contribution in [-0.4, -0.2) is 43.7 Å². The highest BCUT2D eigenvalue weighted by molar-refractivity contribution is 7.22. The topological polar surface area (TPSA) is 66.5 Å². The quantitative estimate of drug-likeness (QED) is 0.696. The van der Waals surface area contributed by atoms with Crippen LogP contribution >= 0.6 is 11.3 Å². The predicted octanol–water partition coefficient (Wildman–Crippen LogP) is 3.27. The number of amides is 1. The zero-order valence-electron chi connectivity index (χ0n) is 16.4. The second-order valence-corrected chi connectivity index (χ2v) is 8.58. The number of aryl methyl sites for hydroxylation is 1. The van der Waals surface area contributed by atoms with E-state index in [2.05, 4.69) is 15.5 Å². The van der Waals surface area contributed by atoms with Gasteiger partial charge in [-0.25, -0.2) is 4.98 Å². The summed E-state index contributed by atoms with van der Waals surface area (Å²) in [6, 6.07) is 11.9. The van der Waals surface area contributed by atoms with Crippen LogP contribution in [0.25, 0.3) is 10.2 Å². The Morgan fingerprint density at radius 2 is 2.10 bits per heavy atom. The molecule has 0 bridgehead atoms. The Labute approximate surface area is 173 Å². The first-order chi connectivity index (χ1) is 14.2. The second kappa shape index (κ2) is 7.65. The molecule has 1 atom stereocenters. The molecule has 1 fully saturated rings. The molecular weight excluding hydrogens is 384 g/mol. The zero-order valence-corrected chi connectivity index (χ0v) is 17.2. The van der Waals surface area contributed by atoms with Crippen molar-refractivity contribution in [2.75, 3.05) is 37.7 Å². The van der Waals surface area contributed by atoms with E-state index in [1.807, 2.05) is 43.3 Å². The summed E-state index contributed by atoms with van der Waals surface area (Å²) in [4.78, 5) is 20.2. The Kier molecular flexibility index (Phi) is 4.85. The minimum atomic E-state index is -0.0387. The molecule has 1 aromatic heterocycles. The van der Waals surface area contributed by atoms with Gasteiger partial charge in [-0.05, 0) is 30.7 Å². The maximum Gasteiger partial charge on any atom is 0.252 e. The summed E-state index contributed by atoms with van der Waals surface area (Å²) in [7, 11) is 0. The minimum Gasteiger partial charge on any atom is -0.493 e. The summed E-state index contributed by atoms with van der Waals surface area (Å²) < 4.78 is 6.77. The smallest absolute Gasteiger partial charge is 0.252 e. The van der Waals surface area contributed by atoms with E-state index in [0.717, 1.165) is 70.4 Å². The third kappa shape index (κ3) is 3.56. The average Bonchev–Trinajstić information content (AvgIpc) is 3.17. The number of ether oxygens (including phenoxy) is 1. The predicted molar refractivity (Wildman–Crippen MR) is 116 cm³/mol. The van der Waals surface area contributed by atoms with E-state index in [1.165, 1.54) is 0 Å². The molecule has 5 rings (SSSR count). The van der Waals surface area contributed by atoms with Crippen molar-refractivity contribution in [3.05, 3.63) is 53.1 Å². The molecule has 3 heterocycles. The van der Waals surface area contributed by atoms with E-state index in [1.54, 1.807) is 11.3 Å². The number of aromatic nitrogens is 1. The number of anilines is 1. The van der Waals surface area contributed by atoms with E-state index in [9.17, 15) is 4.79 Å². The molecular formula is C22H24N4O2S. The molecule has 3 aromatic rings. The first kappa shape index (κ1) is 18.4. The van der Waals surface area contributed by atoms with Gasteiger partial charge in [0.1, 0.15) is 5.75 Å². The number of benzene rings is 2. The molecule has 150 valence electrons. The third-order valence-corrected chi connectivity index (χ3v) is 6.70. The van der Waals surface area contributed by atoms with Gasteiger partial charge in [-0.3, -0.25) is 4.79 Å². The Hall–Kier alpha value is -2.64. The van der Waals surface area contributed by atoms with Gasteiger partial charge in [0.25, 0.3) is 5.91 Å². The first-order valence-electron chi connectivity index (χ1n) is 10.1. The Morgan fingerprint density at radius 3 is 2.97 bits per heavy atom. The fraction of sp³-hybridized carbons (Fsp3) is 0.364. The van der Waals surface area contributed by atoms with E-state index in [-0.39, 0.29) is 11.9 Å². The Morgan fingerprint density at radius 1 is 1.28 bits per heavy atom. The Balaban J connectivity index is 1.41. The van der Waals surface area contributed by atoms with E-state index in [4.69, 9.17) is 9.72 Å². The lowest BCUT2D eigenvalue weighted by molar-refractivity contribution is 0.0924. The normalized spacial score (nSPS) is 18.9. The molecule has 2 N–H and O–H groups in total. The minimum absolute atomic E-state index is 0.0274. The molecule has 0 spiro atoms. The van der Waals surface area contributed by atoms with Crippen molar-refractivity contribution in [3.8, 4) is 5.75 Å². The average molecular weight is 409 g/mol. The lowest BCUT2D eigenvalue weighted by atomic mass is 9.99. The third-order valence-electron chi connectivity index (χ3n) is 5.62. The maximum absolute atomic E-state index is 13.1. The molecule has 1 amide bonds. The summed E-state index contributed by atoms with van der Waals surface area (Å²) in [6.45, 7) is 6.49. The number of carbonyl (C=O) groups excluding carboxylic acids is 1. The number of hydrogen-bond acceptors (Lipinski definition) is 6. The summed E-state index contributed by atoms with van der Waals surface area (Å²) in [5.74, 6) is 0.822. The summed E-state index contributed by atoms with van der Waals surface area (Å²) >= 11 is 1.67. The van der Waals surface area contributed by atoms with Crippen molar-refractivity contribution in [3.63, 3.8) is 0 Å². The standard InChI is InChI=1S/C22H24N4O2S/c1-14-12-18-20(29-22(25-18)26-9-7-23-8-10-26)13-16(14)21(27)24-17-6-11-28-19-5-3-2-4-15(17)19/h2-5,12-13,17,23H,6-11H2,1H3,(H,24,27)/t17-/m0/s1. The fourth-order valence-electron chi connectivity index (χ4n) is 4.03. The van der Waals surface area contributed by atoms with E-state index in [0.29, 0.717) is 6.61 Å². The summed E-state index contributed by atoms with van der Waals surface area (Å²) in [5.41, 5.74) is 3.68. The van der Waals surface area contributed by atoms with Gasteiger partial charge in [-0.1, -0.05) is 29.5 Å². The van der Waals surface area contributed by atoms with Crippen molar-refractivity contribution in [2.45, 2.75) is 19.4 Å². The number of piperazine rings is 1. The van der Waals surface area contributed by atoms with Gasteiger partial charge in [0.2, 0.25) is 0 Å². The van der Waals surface area contributed by atoms with Crippen LogP contribution in [0.1, 0.15) is 33.9 Å². The van der Waals surface area contributed by atoms with Crippen LogP contribution < -0.4 is 20.3 Å². The molecule has 0 unspecified atom stereocenters. The molecule has 7 heteroatoms. The van der Waals surface area contributed by atoms with Crippen LogP contribution in [0.5, 0.6) is 5.75 Å². The number of hydrogen-bond donors (Lipinski definition) is 2. The molecule has 1 saturated heterocycles. The molecule has 2 aliphatic rings. The van der Waals surface area contributed by atoms with Crippen LogP contribution in [0.3, 0.4) is 0 Å².